The van der Waals surface area contributed by atoms with Gasteiger partial charge >= 0.3 is 0 Å². The van der Waals surface area contributed by atoms with E-state index in [1.165, 1.54) is 4.90 Å². The Kier molecular flexibility index (Phi) is 7.88. The number of carbonyl (C=O) groups excluding carboxylic acids is 2. The van der Waals surface area contributed by atoms with Gasteiger partial charge in [0, 0.05) is 25.1 Å². The lowest BCUT2D eigenvalue weighted by molar-refractivity contribution is -0.140. The number of benzene rings is 2. The molecule has 1 saturated heterocycles. The summed E-state index contributed by atoms with van der Waals surface area (Å²) in [7, 11) is 3.80. The minimum absolute atomic E-state index is 0.0443. The molecule has 2 aromatic carbocycles. The Labute approximate surface area is 217 Å². The molecule has 8 heteroatoms. The molecule has 0 aromatic heterocycles. The van der Waals surface area contributed by atoms with Gasteiger partial charge in [0.2, 0.25) is 0 Å². The number of carbonyl (C=O) groups is 2. The Morgan fingerprint density at radius 2 is 1.97 bits per heavy atom. The quantitative estimate of drug-likeness (QED) is 0.226. The first kappa shape index (κ1) is 26.3. The number of aliphatic hydroxyl groups is 1. The van der Waals surface area contributed by atoms with Crippen LogP contribution in [-0.4, -0.2) is 73.1 Å². The number of likely N-dealkylation sites (N-methyl/N-ethyl adjacent to an activating group) is 1. The van der Waals surface area contributed by atoms with Crippen LogP contribution in [0.2, 0.25) is 0 Å². The molecule has 37 heavy (non-hydrogen) atoms. The predicted molar refractivity (Wildman–Crippen MR) is 141 cm³/mol. The number of Topliss-reactive ketones (excluding diaryl/α,β-unsaturated/α-hetero) is 1. The van der Waals surface area contributed by atoms with Crippen molar-refractivity contribution >= 4 is 17.4 Å². The first-order valence-corrected chi connectivity index (χ1v) is 12.5. The maximum atomic E-state index is 13.3. The lowest BCUT2D eigenvalue weighted by Crippen LogP contribution is -2.35. The number of ketones is 1. The van der Waals surface area contributed by atoms with Gasteiger partial charge in [-0.1, -0.05) is 18.7 Å². The van der Waals surface area contributed by atoms with Gasteiger partial charge in [-0.25, -0.2) is 0 Å². The SMILES string of the molecule is C=CCOc1ccc([C@@H]2C(=C(O)c3ccc4c(c3)C[C@@H](C)O4)C(=O)C(=O)N2CCN(C)C)cc1OCC. The molecule has 0 spiro atoms. The maximum absolute atomic E-state index is 13.3. The summed E-state index contributed by atoms with van der Waals surface area (Å²) in [6, 6.07) is 9.88. The monoisotopic (exact) mass is 506 g/mol. The predicted octanol–water partition coefficient (Wildman–Crippen LogP) is 3.96. The number of hydrogen-bond donors (Lipinski definition) is 1. The summed E-state index contributed by atoms with van der Waals surface area (Å²) in [5.74, 6) is 0.228. The van der Waals surface area contributed by atoms with Crippen molar-refractivity contribution in [3.05, 3.63) is 71.3 Å². The molecule has 1 amide bonds. The molecule has 0 unspecified atom stereocenters. The topological polar surface area (TPSA) is 88.5 Å². The van der Waals surface area contributed by atoms with E-state index in [1.807, 2.05) is 38.9 Å². The molecule has 2 atom stereocenters. The second-order valence-corrected chi connectivity index (χ2v) is 9.49. The molecule has 0 aliphatic carbocycles. The third-order valence-electron chi connectivity index (χ3n) is 6.44. The zero-order valence-corrected chi connectivity index (χ0v) is 21.8. The zero-order valence-electron chi connectivity index (χ0n) is 21.8. The normalized spacial score (nSPS) is 20.2. The van der Waals surface area contributed by atoms with Gasteiger partial charge in [-0.05, 0) is 69.4 Å². The third kappa shape index (κ3) is 5.34. The smallest absolute Gasteiger partial charge is 0.295 e. The van der Waals surface area contributed by atoms with Gasteiger partial charge in [0.1, 0.15) is 24.2 Å². The fourth-order valence-corrected chi connectivity index (χ4v) is 4.72. The number of amides is 1. The molecule has 1 N–H and O–H groups in total. The van der Waals surface area contributed by atoms with Crippen molar-refractivity contribution in [3.63, 3.8) is 0 Å². The van der Waals surface area contributed by atoms with E-state index in [0.717, 1.165) is 11.3 Å². The van der Waals surface area contributed by atoms with Gasteiger partial charge in [0.25, 0.3) is 11.7 Å². The number of hydrogen-bond acceptors (Lipinski definition) is 7. The van der Waals surface area contributed by atoms with E-state index in [2.05, 4.69) is 6.58 Å². The van der Waals surface area contributed by atoms with Crippen LogP contribution >= 0.6 is 0 Å². The number of fused-ring (bicyclic) bond motifs is 1. The third-order valence-corrected chi connectivity index (χ3v) is 6.44. The zero-order chi connectivity index (χ0) is 26.7. The highest BCUT2D eigenvalue weighted by Crippen LogP contribution is 2.42. The minimum atomic E-state index is -0.781. The molecule has 4 rings (SSSR count). The summed E-state index contributed by atoms with van der Waals surface area (Å²) >= 11 is 0. The van der Waals surface area contributed by atoms with Crippen molar-refractivity contribution in [2.24, 2.45) is 0 Å². The van der Waals surface area contributed by atoms with Crippen LogP contribution in [0.15, 0.2) is 54.6 Å². The Balaban J connectivity index is 1.83. The van der Waals surface area contributed by atoms with Crippen LogP contribution in [0.3, 0.4) is 0 Å². The summed E-state index contributed by atoms with van der Waals surface area (Å²) in [5.41, 5.74) is 2.13. The molecule has 8 nitrogen and oxygen atoms in total. The molecule has 0 saturated carbocycles. The first-order valence-electron chi connectivity index (χ1n) is 12.5. The lowest BCUT2D eigenvalue weighted by Gasteiger charge is -2.27. The summed E-state index contributed by atoms with van der Waals surface area (Å²) in [6.07, 6.45) is 2.39. The number of nitrogens with zero attached hydrogens (tertiary/aromatic N) is 2. The van der Waals surface area contributed by atoms with Crippen LogP contribution in [0.4, 0.5) is 0 Å². The highest BCUT2D eigenvalue weighted by atomic mass is 16.5. The van der Waals surface area contributed by atoms with E-state index >= 15 is 0 Å². The maximum Gasteiger partial charge on any atom is 0.295 e. The van der Waals surface area contributed by atoms with Crippen molar-refractivity contribution in [1.82, 2.24) is 9.80 Å². The van der Waals surface area contributed by atoms with E-state index in [4.69, 9.17) is 14.2 Å². The van der Waals surface area contributed by atoms with Crippen molar-refractivity contribution in [2.45, 2.75) is 32.4 Å². The number of likely N-dealkylation sites (tertiary alicyclic amines) is 1. The largest absolute Gasteiger partial charge is 0.507 e. The Hall–Kier alpha value is -3.78. The molecule has 1 fully saturated rings. The van der Waals surface area contributed by atoms with E-state index < -0.39 is 17.7 Å². The summed E-state index contributed by atoms with van der Waals surface area (Å²) in [5, 5.41) is 11.4. The van der Waals surface area contributed by atoms with Gasteiger partial charge in [0.15, 0.2) is 11.5 Å². The fourth-order valence-electron chi connectivity index (χ4n) is 4.72. The molecule has 2 aromatic rings. The van der Waals surface area contributed by atoms with E-state index in [-0.39, 0.29) is 17.4 Å². The molecule has 196 valence electrons. The standard InChI is InChI=1S/C29H34N2O6/c1-6-14-36-23-11-8-19(17-24(23)35-7-2)26-25(28(33)29(34)31(26)13-12-30(4)5)27(32)20-9-10-22-21(16-20)15-18(3)37-22/h6,8-11,16-18,26,32H,1,7,12-15H2,2-5H3/t18-,26-/m1/s1. The Morgan fingerprint density at radius 1 is 1.19 bits per heavy atom. The van der Waals surface area contributed by atoms with Crippen LogP contribution in [0.5, 0.6) is 17.2 Å². The molecule has 2 aliphatic heterocycles. The molecular weight excluding hydrogens is 472 g/mol. The van der Waals surface area contributed by atoms with E-state index in [9.17, 15) is 14.7 Å². The van der Waals surface area contributed by atoms with Crippen LogP contribution < -0.4 is 14.2 Å². The molecule has 0 bridgehead atoms. The number of ether oxygens (including phenoxy) is 3. The number of rotatable bonds is 10. The average molecular weight is 507 g/mol. The van der Waals surface area contributed by atoms with Crippen molar-refractivity contribution in [3.8, 4) is 17.2 Å². The van der Waals surface area contributed by atoms with Crippen LogP contribution in [0.25, 0.3) is 5.76 Å². The van der Waals surface area contributed by atoms with Gasteiger partial charge < -0.3 is 29.1 Å². The number of aliphatic hydroxyl groups excluding tert-OH is 1. The summed E-state index contributed by atoms with van der Waals surface area (Å²) in [6.45, 7) is 9.11. The molecule has 0 radical (unpaired) electrons. The van der Waals surface area contributed by atoms with Crippen molar-refractivity contribution in [2.75, 3.05) is 40.4 Å². The Morgan fingerprint density at radius 3 is 2.68 bits per heavy atom. The van der Waals surface area contributed by atoms with Crippen molar-refractivity contribution in [1.29, 1.82) is 0 Å². The highest BCUT2D eigenvalue weighted by molar-refractivity contribution is 6.46. The molecular formula is C29H34N2O6. The second-order valence-electron chi connectivity index (χ2n) is 9.49. The van der Waals surface area contributed by atoms with Gasteiger partial charge in [-0.15, -0.1) is 0 Å². The van der Waals surface area contributed by atoms with E-state index in [1.54, 1.807) is 36.4 Å². The van der Waals surface area contributed by atoms with Crippen LogP contribution in [0.1, 0.15) is 36.6 Å². The summed E-state index contributed by atoms with van der Waals surface area (Å²) in [4.78, 5) is 30.0. The van der Waals surface area contributed by atoms with Gasteiger partial charge in [0.05, 0.1) is 18.2 Å². The minimum Gasteiger partial charge on any atom is -0.507 e. The Bertz CT molecular complexity index is 1230. The van der Waals surface area contributed by atoms with Crippen molar-refractivity contribution < 1.29 is 28.9 Å². The first-order chi connectivity index (χ1) is 17.7. The second kappa shape index (κ2) is 11.1. The molecule has 2 heterocycles. The van der Waals surface area contributed by atoms with Gasteiger partial charge in [-0.3, -0.25) is 9.59 Å². The molecule has 2 aliphatic rings. The fraction of sp³-hybridized carbons (Fsp3) is 0.379. The highest BCUT2D eigenvalue weighted by Gasteiger charge is 2.46. The van der Waals surface area contributed by atoms with E-state index in [0.29, 0.717) is 55.4 Å². The average Bonchev–Trinajstić information content (AvgIpc) is 3.36. The lowest BCUT2D eigenvalue weighted by atomic mass is 9.94. The van der Waals surface area contributed by atoms with Crippen LogP contribution in [-0.2, 0) is 16.0 Å². The van der Waals surface area contributed by atoms with Gasteiger partial charge in [-0.2, -0.15) is 0 Å². The van der Waals surface area contributed by atoms with Crippen LogP contribution in [0, 0.1) is 0 Å². The summed E-state index contributed by atoms with van der Waals surface area (Å²) < 4.78 is 17.3.